The molecule has 0 aromatic heterocycles. The van der Waals surface area contributed by atoms with Gasteiger partial charge in [0.25, 0.3) is 5.91 Å². The zero-order valence-electron chi connectivity index (χ0n) is 14.4. The summed E-state index contributed by atoms with van der Waals surface area (Å²) in [5.41, 5.74) is 2.30. The highest BCUT2D eigenvalue weighted by Crippen LogP contribution is 2.39. The van der Waals surface area contributed by atoms with Crippen LogP contribution in [0, 0.1) is 0 Å². The van der Waals surface area contributed by atoms with Crippen molar-refractivity contribution >= 4 is 29.1 Å². The Bertz CT molecular complexity index is 866. The molecule has 1 unspecified atom stereocenters. The van der Waals surface area contributed by atoms with Crippen molar-refractivity contribution in [3.8, 4) is 5.75 Å². The molecule has 1 atom stereocenters. The number of ether oxygens (including phenoxy) is 1. The highest BCUT2D eigenvalue weighted by molar-refractivity contribution is 6.31. The number of nitrogens with one attached hydrogen (secondary N) is 1. The summed E-state index contributed by atoms with van der Waals surface area (Å²) in [5, 5.41) is 3.22. The van der Waals surface area contributed by atoms with E-state index in [9.17, 15) is 9.59 Å². The zero-order valence-corrected chi connectivity index (χ0v) is 15.1. The van der Waals surface area contributed by atoms with Crippen molar-refractivity contribution in [2.75, 3.05) is 11.5 Å². The molecule has 2 amide bonds. The molecule has 0 radical (unpaired) electrons. The lowest BCUT2D eigenvalue weighted by Gasteiger charge is -2.20. The first-order valence-electron chi connectivity index (χ1n) is 8.20. The van der Waals surface area contributed by atoms with Gasteiger partial charge in [-0.1, -0.05) is 42.5 Å². The number of hydrogen-bond donors (Lipinski definition) is 1. The van der Waals surface area contributed by atoms with Gasteiger partial charge in [0.1, 0.15) is 18.4 Å². The Morgan fingerprint density at radius 2 is 2.12 bits per heavy atom. The Morgan fingerprint density at radius 3 is 2.85 bits per heavy atom. The Morgan fingerprint density at radius 1 is 1.35 bits per heavy atom. The quantitative estimate of drug-likeness (QED) is 0.790. The Hall–Kier alpha value is -2.79. The molecule has 134 valence electrons. The molecule has 0 saturated carbocycles. The van der Waals surface area contributed by atoms with Gasteiger partial charge in [-0.15, -0.1) is 0 Å². The predicted molar refractivity (Wildman–Crippen MR) is 101 cm³/mol. The minimum Gasteiger partial charge on any atom is -0.489 e. The minimum absolute atomic E-state index is 0.198. The summed E-state index contributed by atoms with van der Waals surface area (Å²) < 4.78 is 5.68. The van der Waals surface area contributed by atoms with Gasteiger partial charge in [0, 0.05) is 28.8 Å². The summed E-state index contributed by atoms with van der Waals surface area (Å²) in [6, 6.07) is 12.0. The first-order chi connectivity index (χ1) is 12.5. The third kappa shape index (κ3) is 3.58. The van der Waals surface area contributed by atoms with E-state index in [4.69, 9.17) is 16.3 Å². The van der Waals surface area contributed by atoms with E-state index >= 15 is 0 Å². The summed E-state index contributed by atoms with van der Waals surface area (Å²) in [4.78, 5) is 26.1. The average molecular weight is 371 g/mol. The first kappa shape index (κ1) is 18.0. The molecule has 2 aromatic rings. The topological polar surface area (TPSA) is 58.6 Å². The van der Waals surface area contributed by atoms with E-state index in [1.165, 1.54) is 6.92 Å². The number of halogens is 1. The molecular formula is C20H19ClN2O3. The van der Waals surface area contributed by atoms with Crippen molar-refractivity contribution < 1.29 is 14.3 Å². The first-order valence-corrected chi connectivity index (χ1v) is 8.58. The summed E-state index contributed by atoms with van der Waals surface area (Å²) in [7, 11) is 0. The maximum absolute atomic E-state index is 13.0. The number of benzene rings is 2. The molecule has 6 heteroatoms. The fourth-order valence-electron chi connectivity index (χ4n) is 3.01. The third-order valence-electron chi connectivity index (χ3n) is 4.11. The number of fused-ring (bicyclic) bond motifs is 1. The highest BCUT2D eigenvalue weighted by Gasteiger charge is 2.38. The summed E-state index contributed by atoms with van der Waals surface area (Å²) in [5.74, 6) is 0.223. The van der Waals surface area contributed by atoms with Crippen LogP contribution in [-0.2, 0) is 16.1 Å². The van der Waals surface area contributed by atoms with E-state index < -0.39 is 6.04 Å². The molecule has 2 aromatic carbocycles. The molecule has 0 aliphatic carbocycles. The number of rotatable bonds is 6. The molecule has 1 aliphatic heterocycles. The standard InChI is InChI=1S/C20H19ClN2O3/c1-3-10-26-18-7-5-4-6-14(18)12-23-17-9-8-15(21)11-16(17)19(20(23)25)22-13(2)24/h3-9,11,19H,1,10,12H2,2H3,(H,22,24). The summed E-state index contributed by atoms with van der Waals surface area (Å²) >= 11 is 6.09. The van der Waals surface area contributed by atoms with Crippen LogP contribution in [-0.4, -0.2) is 18.4 Å². The van der Waals surface area contributed by atoms with E-state index in [1.807, 2.05) is 24.3 Å². The monoisotopic (exact) mass is 370 g/mol. The molecule has 1 N–H and O–H groups in total. The molecule has 26 heavy (non-hydrogen) atoms. The second kappa shape index (κ2) is 7.62. The van der Waals surface area contributed by atoms with Crippen LogP contribution in [0.2, 0.25) is 5.02 Å². The molecule has 0 fully saturated rings. The van der Waals surface area contributed by atoms with E-state index in [0.717, 1.165) is 11.3 Å². The maximum atomic E-state index is 13.0. The fraction of sp³-hybridized carbons (Fsp3) is 0.200. The van der Waals surface area contributed by atoms with E-state index in [-0.39, 0.29) is 11.8 Å². The van der Waals surface area contributed by atoms with Crippen molar-refractivity contribution in [2.45, 2.75) is 19.5 Å². The number of amides is 2. The van der Waals surface area contributed by atoms with Crippen LogP contribution < -0.4 is 15.0 Å². The van der Waals surface area contributed by atoms with Gasteiger partial charge in [0.05, 0.1) is 6.54 Å². The number of nitrogens with zero attached hydrogens (tertiary/aromatic N) is 1. The van der Waals surface area contributed by atoms with Crippen LogP contribution in [0.1, 0.15) is 24.1 Å². The minimum atomic E-state index is -0.734. The maximum Gasteiger partial charge on any atom is 0.254 e. The smallest absolute Gasteiger partial charge is 0.254 e. The second-order valence-electron chi connectivity index (χ2n) is 5.97. The number of anilines is 1. The lowest BCUT2D eigenvalue weighted by Crippen LogP contribution is -2.36. The number of carbonyl (C=O) groups is 2. The van der Waals surface area contributed by atoms with Crippen LogP contribution in [0.4, 0.5) is 5.69 Å². The highest BCUT2D eigenvalue weighted by atomic mass is 35.5. The van der Waals surface area contributed by atoms with Gasteiger partial charge >= 0.3 is 0 Å². The Labute approximate surface area is 157 Å². The van der Waals surface area contributed by atoms with Crippen molar-refractivity contribution in [3.63, 3.8) is 0 Å². The molecule has 3 rings (SSSR count). The van der Waals surface area contributed by atoms with Gasteiger partial charge in [-0.2, -0.15) is 0 Å². The van der Waals surface area contributed by atoms with Gasteiger partial charge in [-0.3, -0.25) is 9.59 Å². The van der Waals surface area contributed by atoms with Crippen molar-refractivity contribution in [3.05, 3.63) is 71.3 Å². The number of carbonyl (C=O) groups excluding carboxylic acids is 2. The Kier molecular flexibility index (Phi) is 5.28. The second-order valence-corrected chi connectivity index (χ2v) is 6.40. The van der Waals surface area contributed by atoms with Gasteiger partial charge in [0.2, 0.25) is 5.91 Å². The van der Waals surface area contributed by atoms with Crippen LogP contribution in [0.5, 0.6) is 5.75 Å². The summed E-state index contributed by atoms with van der Waals surface area (Å²) in [6.45, 7) is 5.75. The van der Waals surface area contributed by atoms with Gasteiger partial charge in [0.15, 0.2) is 0 Å². The van der Waals surface area contributed by atoms with E-state index in [0.29, 0.717) is 29.5 Å². The molecule has 1 heterocycles. The van der Waals surface area contributed by atoms with Crippen molar-refractivity contribution in [1.82, 2.24) is 5.32 Å². The molecule has 5 nitrogen and oxygen atoms in total. The van der Waals surface area contributed by atoms with E-state index in [2.05, 4.69) is 11.9 Å². The SMILES string of the molecule is C=CCOc1ccccc1CN1C(=O)C(NC(C)=O)c2cc(Cl)ccc21. The molecule has 0 saturated heterocycles. The fourth-order valence-corrected chi connectivity index (χ4v) is 3.19. The van der Waals surface area contributed by atoms with Crippen molar-refractivity contribution in [2.24, 2.45) is 0 Å². The lowest BCUT2D eigenvalue weighted by atomic mass is 10.1. The predicted octanol–water partition coefficient (Wildman–Crippen LogP) is 3.63. The van der Waals surface area contributed by atoms with Crippen LogP contribution >= 0.6 is 11.6 Å². The molecule has 0 spiro atoms. The normalized spacial score (nSPS) is 15.5. The van der Waals surface area contributed by atoms with Crippen molar-refractivity contribution in [1.29, 1.82) is 0 Å². The zero-order chi connectivity index (χ0) is 18.7. The number of para-hydroxylation sites is 1. The average Bonchev–Trinajstić information content (AvgIpc) is 2.86. The van der Waals surface area contributed by atoms with Gasteiger partial charge in [-0.05, 0) is 24.3 Å². The Balaban J connectivity index is 1.95. The van der Waals surface area contributed by atoms with Crippen LogP contribution in [0.25, 0.3) is 0 Å². The lowest BCUT2D eigenvalue weighted by molar-refractivity contribution is -0.126. The van der Waals surface area contributed by atoms with Gasteiger partial charge < -0.3 is 15.0 Å². The van der Waals surface area contributed by atoms with Crippen LogP contribution in [0.15, 0.2) is 55.1 Å². The molecule has 1 aliphatic rings. The van der Waals surface area contributed by atoms with E-state index in [1.54, 1.807) is 29.2 Å². The van der Waals surface area contributed by atoms with Crippen LogP contribution in [0.3, 0.4) is 0 Å². The molecular weight excluding hydrogens is 352 g/mol. The number of hydrogen-bond acceptors (Lipinski definition) is 3. The molecule has 0 bridgehead atoms. The van der Waals surface area contributed by atoms with Gasteiger partial charge in [-0.25, -0.2) is 0 Å². The largest absolute Gasteiger partial charge is 0.489 e. The summed E-state index contributed by atoms with van der Waals surface area (Å²) in [6.07, 6.45) is 1.67. The third-order valence-corrected chi connectivity index (χ3v) is 4.34.